The number of benzene rings is 1. The molecule has 0 aliphatic carbocycles. The number of primary amides is 1. The molecule has 1 unspecified atom stereocenters. The first-order chi connectivity index (χ1) is 9.99. The second-order valence-corrected chi connectivity index (χ2v) is 6.44. The van der Waals surface area contributed by atoms with Gasteiger partial charge in [-0.05, 0) is 20.0 Å². The zero-order chi connectivity index (χ0) is 16.1. The van der Waals surface area contributed by atoms with Crippen molar-refractivity contribution in [1.29, 1.82) is 0 Å². The standard InChI is InChI=1S/C9H20N2O2S.C7H8/c1-3-11(4-2)6-8-14(13)7-5-9(10)12;1-7-5-3-2-4-6-7/h3-8H2,1-2H3,(H2,10,12);2-6H,1H3. The van der Waals surface area contributed by atoms with Crippen LogP contribution in [0, 0.1) is 6.92 Å². The maximum absolute atomic E-state index is 11.4. The second kappa shape index (κ2) is 12.5. The van der Waals surface area contributed by atoms with Crippen molar-refractivity contribution in [2.45, 2.75) is 27.2 Å². The van der Waals surface area contributed by atoms with Crippen molar-refractivity contribution in [3.8, 4) is 0 Å². The van der Waals surface area contributed by atoms with Crippen molar-refractivity contribution >= 4 is 16.7 Å². The summed E-state index contributed by atoms with van der Waals surface area (Å²) in [7, 11) is -0.907. The van der Waals surface area contributed by atoms with E-state index in [0.29, 0.717) is 11.5 Å². The summed E-state index contributed by atoms with van der Waals surface area (Å²) in [5.41, 5.74) is 6.29. The molecule has 1 aromatic carbocycles. The molecular weight excluding hydrogens is 284 g/mol. The van der Waals surface area contributed by atoms with Gasteiger partial charge in [0.25, 0.3) is 0 Å². The third-order valence-electron chi connectivity index (χ3n) is 3.05. The lowest BCUT2D eigenvalue weighted by Crippen LogP contribution is -2.28. The molecule has 1 amide bonds. The van der Waals surface area contributed by atoms with E-state index >= 15 is 0 Å². The molecule has 5 heteroatoms. The quantitative estimate of drug-likeness (QED) is 0.798. The minimum Gasteiger partial charge on any atom is -0.370 e. The van der Waals surface area contributed by atoms with Crippen LogP contribution in [0.5, 0.6) is 0 Å². The van der Waals surface area contributed by atoms with Crippen molar-refractivity contribution in [3.63, 3.8) is 0 Å². The molecule has 0 bridgehead atoms. The fourth-order valence-corrected chi connectivity index (χ4v) is 2.72. The highest BCUT2D eigenvalue weighted by Crippen LogP contribution is 1.92. The van der Waals surface area contributed by atoms with E-state index in [1.807, 2.05) is 18.2 Å². The molecule has 0 fully saturated rings. The van der Waals surface area contributed by atoms with Gasteiger partial charge in [-0.2, -0.15) is 0 Å². The van der Waals surface area contributed by atoms with Crippen LogP contribution < -0.4 is 5.73 Å². The molecule has 4 nitrogen and oxygen atoms in total. The molecular formula is C16H28N2O2S. The van der Waals surface area contributed by atoms with E-state index in [1.165, 1.54) is 5.56 Å². The lowest BCUT2D eigenvalue weighted by molar-refractivity contribution is -0.117. The number of carbonyl (C=O) groups is 1. The van der Waals surface area contributed by atoms with E-state index in [9.17, 15) is 9.00 Å². The predicted molar refractivity (Wildman–Crippen MR) is 90.7 cm³/mol. The van der Waals surface area contributed by atoms with Crippen LogP contribution in [0.15, 0.2) is 30.3 Å². The molecule has 0 aliphatic rings. The SMILES string of the molecule is CCN(CC)CCS(=O)CCC(N)=O.Cc1ccccc1. The Labute approximate surface area is 131 Å². The van der Waals surface area contributed by atoms with Gasteiger partial charge in [0.15, 0.2) is 0 Å². The molecule has 21 heavy (non-hydrogen) atoms. The molecule has 0 radical (unpaired) electrons. The van der Waals surface area contributed by atoms with Gasteiger partial charge in [-0.1, -0.05) is 49.7 Å². The molecule has 1 atom stereocenters. The van der Waals surface area contributed by atoms with Crippen molar-refractivity contribution in [3.05, 3.63) is 35.9 Å². The smallest absolute Gasteiger partial charge is 0.218 e. The van der Waals surface area contributed by atoms with Crippen LogP contribution >= 0.6 is 0 Å². The zero-order valence-electron chi connectivity index (χ0n) is 13.4. The van der Waals surface area contributed by atoms with E-state index in [0.717, 1.165) is 19.6 Å². The summed E-state index contributed by atoms with van der Waals surface area (Å²) in [6, 6.07) is 10.3. The predicted octanol–water partition coefficient (Wildman–Crippen LogP) is 1.95. The summed E-state index contributed by atoms with van der Waals surface area (Å²) in [5.74, 6) is 0.659. The molecule has 1 rings (SSSR count). The Morgan fingerprint density at radius 3 is 2.10 bits per heavy atom. The maximum Gasteiger partial charge on any atom is 0.218 e. The Morgan fingerprint density at radius 2 is 1.71 bits per heavy atom. The second-order valence-electron chi connectivity index (χ2n) is 4.75. The average molecular weight is 312 g/mol. The van der Waals surface area contributed by atoms with E-state index < -0.39 is 10.8 Å². The van der Waals surface area contributed by atoms with Crippen LogP contribution in [0.4, 0.5) is 0 Å². The maximum atomic E-state index is 11.4. The van der Waals surface area contributed by atoms with Crippen LogP contribution in [0.2, 0.25) is 0 Å². The molecule has 0 saturated carbocycles. The summed E-state index contributed by atoms with van der Waals surface area (Å²) in [6.07, 6.45) is 0.227. The molecule has 120 valence electrons. The topological polar surface area (TPSA) is 63.4 Å². The van der Waals surface area contributed by atoms with Gasteiger partial charge in [-0.25, -0.2) is 0 Å². The highest BCUT2D eigenvalue weighted by Gasteiger charge is 2.05. The first-order valence-electron chi connectivity index (χ1n) is 7.36. The van der Waals surface area contributed by atoms with Gasteiger partial charge in [0, 0.05) is 35.3 Å². The summed E-state index contributed by atoms with van der Waals surface area (Å²) < 4.78 is 11.4. The monoisotopic (exact) mass is 312 g/mol. The van der Waals surface area contributed by atoms with Crippen molar-refractivity contribution < 1.29 is 9.00 Å². The van der Waals surface area contributed by atoms with Crippen LogP contribution in [0.3, 0.4) is 0 Å². The van der Waals surface area contributed by atoms with Gasteiger partial charge in [0.2, 0.25) is 5.91 Å². The highest BCUT2D eigenvalue weighted by molar-refractivity contribution is 7.85. The van der Waals surface area contributed by atoms with Crippen LogP contribution in [-0.4, -0.2) is 46.2 Å². The third-order valence-corrected chi connectivity index (χ3v) is 4.34. The number of nitrogens with zero attached hydrogens (tertiary/aromatic N) is 1. The molecule has 0 saturated heterocycles. The Balaban J connectivity index is 0.000000471. The van der Waals surface area contributed by atoms with E-state index in [1.54, 1.807) is 0 Å². The fraction of sp³-hybridized carbons (Fsp3) is 0.562. The number of aryl methyl sites for hydroxylation is 1. The summed E-state index contributed by atoms with van der Waals surface area (Å²) in [6.45, 7) is 9.02. The van der Waals surface area contributed by atoms with Crippen molar-refractivity contribution in [2.24, 2.45) is 5.73 Å². The zero-order valence-corrected chi connectivity index (χ0v) is 14.2. The summed E-state index contributed by atoms with van der Waals surface area (Å²) >= 11 is 0. The van der Waals surface area contributed by atoms with E-state index in [2.05, 4.69) is 37.8 Å². The van der Waals surface area contributed by atoms with Crippen LogP contribution in [-0.2, 0) is 15.6 Å². The Bertz CT molecular complexity index is 406. The van der Waals surface area contributed by atoms with Gasteiger partial charge < -0.3 is 10.6 Å². The molecule has 2 N–H and O–H groups in total. The Kier molecular flexibility index (Phi) is 11.8. The number of amides is 1. The molecule has 0 spiro atoms. The van der Waals surface area contributed by atoms with E-state index in [-0.39, 0.29) is 12.3 Å². The van der Waals surface area contributed by atoms with Crippen LogP contribution in [0.1, 0.15) is 25.8 Å². The van der Waals surface area contributed by atoms with Gasteiger partial charge in [0.1, 0.15) is 0 Å². The lowest BCUT2D eigenvalue weighted by Gasteiger charge is -2.17. The first kappa shape index (κ1) is 19.8. The first-order valence-corrected chi connectivity index (χ1v) is 8.85. The highest BCUT2D eigenvalue weighted by atomic mass is 32.2. The Hall–Kier alpha value is -1.20. The van der Waals surface area contributed by atoms with Gasteiger partial charge in [-0.15, -0.1) is 0 Å². The minimum atomic E-state index is -0.907. The average Bonchev–Trinajstić information content (AvgIpc) is 2.47. The molecule has 0 aliphatic heterocycles. The van der Waals surface area contributed by atoms with Crippen molar-refractivity contribution in [2.75, 3.05) is 31.1 Å². The summed E-state index contributed by atoms with van der Waals surface area (Å²) in [5, 5.41) is 0. The lowest BCUT2D eigenvalue weighted by atomic mass is 10.2. The molecule has 0 heterocycles. The Morgan fingerprint density at radius 1 is 1.14 bits per heavy atom. The minimum absolute atomic E-state index is 0.227. The number of hydrogen-bond donors (Lipinski definition) is 1. The number of hydrogen-bond acceptors (Lipinski definition) is 3. The van der Waals surface area contributed by atoms with Gasteiger partial charge in [-0.3, -0.25) is 9.00 Å². The van der Waals surface area contributed by atoms with E-state index in [4.69, 9.17) is 5.73 Å². The fourth-order valence-electron chi connectivity index (χ4n) is 1.62. The third kappa shape index (κ3) is 12.3. The molecule has 0 aromatic heterocycles. The molecule has 1 aromatic rings. The van der Waals surface area contributed by atoms with Crippen molar-refractivity contribution in [1.82, 2.24) is 4.90 Å². The van der Waals surface area contributed by atoms with Gasteiger partial charge in [0.05, 0.1) is 0 Å². The number of nitrogens with two attached hydrogens (primary N) is 1. The largest absolute Gasteiger partial charge is 0.370 e. The number of carbonyl (C=O) groups excluding carboxylic acids is 1. The van der Waals surface area contributed by atoms with Crippen LogP contribution in [0.25, 0.3) is 0 Å². The van der Waals surface area contributed by atoms with Gasteiger partial charge >= 0.3 is 0 Å². The normalized spacial score (nSPS) is 11.6. The number of rotatable bonds is 8. The summed E-state index contributed by atoms with van der Waals surface area (Å²) in [4.78, 5) is 12.6.